The van der Waals surface area contributed by atoms with Crippen molar-refractivity contribution >= 4 is 11.9 Å². The standard InChI is InChI=1S/C6H14N4O2/c1-4(5(7)9-12)8-6(11)10(2)3/h4,12H,1-3H3,(H2,7,9)(H,8,11). The smallest absolute Gasteiger partial charge is 0.317 e. The summed E-state index contributed by atoms with van der Waals surface area (Å²) in [4.78, 5) is 12.4. The number of urea groups is 1. The maximum atomic E-state index is 11.0. The highest BCUT2D eigenvalue weighted by molar-refractivity contribution is 5.88. The summed E-state index contributed by atoms with van der Waals surface area (Å²) in [6.45, 7) is 1.62. The molecule has 0 aromatic rings. The molecule has 0 saturated heterocycles. The van der Waals surface area contributed by atoms with Gasteiger partial charge in [0, 0.05) is 14.1 Å². The Hall–Kier alpha value is -1.46. The van der Waals surface area contributed by atoms with Gasteiger partial charge in [0.15, 0.2) is 5.84 Å². The highest BCUT2D eigenvalue weighted by Gasteiger charge is 2.11. The molecule has 0 saturated carbocycles. The van der Waals surface area contributed by atoms with Gasteiger partial charge in [0.1, 0.15) is 0 Å². The first-order chi connectivity index (χ1) is 5.49. The van der Waals surface area contributed by atoms with E-state index in [1.54, 1.807) is 21.0 Å². The molecule has 0 heterocycles. The van der Waals surface area contributed by atoms with Crippen molar-refractivity contribution in [3.63, 3.8) is 0 Å². The Morgan fingerprint density at radius 1 is 1.67 bits per heavy atom. The minimum atomic E-state index is -0.468. The highest BCUT2D eigenvalue weighted by atomic mass is 16.4. The van der Waals surface area contributed by atoms with Crippen LogP contribution in [0.5, 0.6) is 0 Å². The van der Waals surface area contributed by atoms with Crippen LogP contribution in [-0.4, -0.2) is 42.1 Å². The number of nitrogens with zero attached hydrogens (tertiary/aromatic N) is 2. The Balaban J connectivity index is 4.01. The average Bonchev–Trinajstić information content (AvgIpc) is 2.02. The van der Waals surface area contributed by atoms with Crippen LogP contribution in [0.2, 0.25) is 0 Å². The predicted molar refractivity (Wildman–Crippen MR) is 45.1 cm³/mol. The zero-order valence-corrected chi connectivity index (χ0v) is 7.40. The molecule has 0 radical (unpaired) electrons. The lowest BCUT2D eigenvalue weighted by molar-refractivity contribution is 0.216. The van der Waals surface area contributed by atoms with Crippen molar-refractivity contribution in [1.82, 2.24) is 10.2 Å². The first-order valence-electron chi connectivity index (χ1n) is 3.44. The van der Waals surface area contributed by atoms with E-state index in [-0.39, 0.29) is 11.9 Å². The summed E-state index contributed by atoms with van der Waals surface area (Å²) in [5.41, 5.74) is 5.23. The largest absolute Gasteiger partial charge is 0.409 e. The van der Waals surface area contributed by atoms with Gasteiger partial charge in [0.05, 0.1) is 6.04 Å². The van der Waals surface area contributed by atoms with Gasteiger partial charge in [-0.15, -0.1) is 0 Å². The molecule has 0 bridgehead atoms. The fourth-order valence-corrected chi connectivity index (χ4v) is 0.475. The Morgan fingerprint density at radius 2 is 2.17 bits per heavy atom. The highest BCUT2D eigenvalue weighted by Crippen LogP contribution is 1.84. The van der Waals surface area contributed by atoms with Crippen molar-refractivity contribution in [2.75, 3.05) is 14.1 Å². The van der Waals surface area contributed by atoms with Crippen LogP contribution in [-0.2, 0) is 0 Å². The van der Waals surface area contributed by atoms with Gasteiger partial charge in [-0.2, -0.15) is 0 Å². The zero-order chi connectivity index (χ0) is 9.72. The molecule has 0 aliphatic carbocycles. The van der Waals surface area contributed by atoms with Crippen LogP contribution < -0.4 is 11.1 Å². The molecule has 0 aromatic heterocycles. The average molecular weight is 174 g/mol. The number of carbonyl (C=O) groups excluding carboxylic acids is 1. The number of amides is 2. The first-order valence-corrected chi connectivity index (χ1v) is 3.44. The topological polar surface area (TPSA) is 91.0 Å². The summed E-state index contributed by atoms with van der Waals surface area (Å²) in [5.74, 6) is -0.0230. The van der Waals surface area contributed by atoms with Crippen LogP contribution >= 0.6 is 0 Å². The molecule has 1 unspecified atom stereocenters. The van der Waals surface area contributed by atoms with Gasteiger partial charge in [0.25, 0.3) is 0 Å². The third-order valence-corrected chi connectivity index (χ3v) is 1.31. The van der Waals surface area contributed by atoms with E-state index in [2.05, 4.69) is 10.5 Å². The molecule has 0 fully saturated rings. The van der Waals surface area contributed by atoms with Crippen molar-refractivity contribution in [3.05, 3.63) is 0 Å². The molecule has 0 aliphatic rings. The number of rotatable bonds is 2. The number of amidine groups is 1. The molecule has 6 heteroatoms. The second kappa shape index (κ2) is 4.42. The molecule has 0 rings (SSSR count). The zero-order valence-electron chi connectivity index (χ0n) is 7.40. The van der Waals surface area contributed by atoms with Crippen molar-refractivity contribution in [1.29, 1.82) is 0 Å². The molecule has 0 aliphatic heterocycles. The fraction of sp³-hybridized carbons (Fsp3) is 0.667. The van der Waals surface area contributed by atoms with Gasteiger partial charge in [-0.25, -0.2) is 4.79 Å². The number of nitrogens with one attached hydrogen (secondary N) is 1. The lowest BCUT2D eigenvalue weighted by atomic mass is 10.3. The van der Waals surface area contributed by atoms with Gasteiger partial charge < -0.3 is 21.2 Å². The molecule has 0 spiro atoms. The van der Waals surface area contributed by atoms with E-state index in [1.807, 2.05) is 0 Å². The SMILES string of the molecule is CC(NC(=O)N(C)C)/C(N)=N/O. The maximum Gasteiger partial charge on any atom is 0.317 e. The van der Waals surface area contributed by atoms with Crippen LogP contribution in [0, 0.1) is 0 Å². The Morgan fingerprint density at radius 3 is 2.50 bits per heavy atom. The van der Waals surface area contributed by atoms with Crippen LogP contribution in [0.1, 0.15) is 6.92 Å². The summed E-state index contributed by atoms with van der Waals surface area (Å²) < 4.78 is 0. The normalized spacial score (nSPS) is 13.8. The summed E-state index contributed by atoms with van der Waals surface area (Å²) in [6, 6.07) is -0.751. The summed E-state index contributed by atoms with van der Waals surface area (Å²) in [6.07, 6.45) is 0. The summed E-state index contributed by atoms with van der Waals surface area (Å²) >= 11 is 0. The fourth-order valence-electron chi connectivity index (χ4n) is 0.475. The Kier molecular flexibility index (Phi) is 3.89. The van der Waals surface area contributed by atoms with Gasteiger partial charge in [-0.05, 0) is 6.92 Å². The van der Waals surface area contributed by atoms with Crippen molar-refractivity contribution in [2.45, 2.75) is 13.0 Å². The quantitative estimate of drug-likeness (QED) is 0.226. The van der Waals surface area contributed by atoms with Gasteiger partial charge in [-0.3, -0.25) is 0 Å². The van der Waals surface area contributed by atoms with E-state index in [1.165, 1.54) is 4.90 Å². The van der Waals surface area contributed by atoms with E-state index >= 15 is 0 Å². The molecular weight excluding hydrogens is 160 g/mol. The lowest BCUT2D eigenvalue weighted by Gasteiger charge is -2.16. The van der Waals surface area contributed by atoms with E-state index < -0.39 is 6.04 Å². The van der Waals surface area contributed by atoms with E-state index in [0.29, 0.717) is 0 Å². The molecule has 0 aromatic carbocycles. The van der Waals surface area contributed by atoms with E-state index in [9.17, 15) is 4.79 Å². The number of nitrogens with two attached hydrogens (primary N) is 1. The number of carbonyl (C=O) groups is 1. The monoisotopic (exact) mass is 174 g/mol. The second-order valence-corrected chi connectivity index (χ2v) is 2.59. The van der Waals surface area contributed by atoms with Crippen LogP contribution in [0.25, 0.3) is 0 Å². The predicted octanol–water partition coefficient (Wildman–Crippen LogP) is -0.607. The van der Waals surface area contributed by atoms with Crippen molar-refractivity contribution in [2.24, 2.45) is 10.9 Å². The molecular formula is C6H14N4O2. The number of oxime groups is 1. The molecule has 4 N–H and O–H groups in total. The third kappa shape index (κ3) is 3.09. The molecule has 2 amide bonds. The number of hydrogen-bond donors (Lipinski definition) is 3. The van der Waals surface area contributed by atoms with Crippen molar-refractivity contribution in [3.8, 4) is 0 Å². The van der Waals surface area contributed by atoms with E-state index in [4.69, 9.17) is 10.9 Å². The summed E-state index contributed by atoms with van der Waals surface area (Å²) in [7, 11) is 3.21. The third-order valence-electron chi connectivity index (χ3n) is 1.31. The maximum absolute atomic E-state index is 11.0. The van der Waals surface area contributed by atoms with E-state index in [0.717, 1.165) is 0 Å². The van der Waals surface area contributed by atoms with Crippen LogP contribution in [0.3, 0.4) is 0 Å². The molecule has 70 valence electrons. The van der Waals surface area contributed by atoms with Gasteiger partial charge in [0.2, 0.25) is 0 Å². The van der Waals surface area contributed by atoms with Crippen molar-refractivity contribution < 1.29 is 10.0 Å². The first kappa shape index (κ1) is 10.5. The van der Waals surface area contributed by atoms with Gasteiger partial charge >= 0.3 is 6.03 Å². The molecule has 6 nitrogen and oxygen atoms in total. The van der Waals surface area contributed by atoms with Gasteiger partial charge in [-0.1, -0.05) is 5.16 Å². The minimum Gasteiger partial charge on any atom is -0.409 e. The molecule has 12 heavy (non-hydrogen) atoms. The Bertz CT molecular complexity index is 190. The minimum absolute atomic E-state index is 0.0230. The lowest BCUT2D eigenvalue weighted by Crippen LogP contribution is -2.46. The number of hydrogen-bond acceptors (Lipinski definition) is 3. The Labute approximate surface area is 71.0 Å². The second-order valence-electron chi connectivity index (χ2n) is 2.59. The summed E-state index contributed by atoms with van der Waals surface area (Å²) in [5, 5.41) is 13.5. The van der Waals surface area contributed by atoms with Crippen LogP contribution in [0.4, 0.5) is 4.79 Å². The van der Waals surface area contributed by atoms with Crippen LogP contribution in [0.15, 0.2) is 5.16 Å². The molecule has 1 atom stereocenters.